The van der Waals surface area contributed by atoms with E-state index in [9.17, 15) is 8.42 Å². The van der Waals surface area contributed by atoms with Gasteiger partial charge in [-0.15, -0.1) is 0 Å². The molecule has 4 nitrogen and oxygen atoms in total. The van der Waals surface area contributed by atoms with Gasteiger partial charge in [0.05, 0.1) is 4.90 Å². The maximum Gasteiger partial charge on any atom is 0.241 e. The second kappa shape index (κ2) is 7.59. The molecule has 0 aromatic heterocycles. The number of ether oxygens (including phenoxy) is 1. The molecular formula is C15H15Br2NO3S. The van der Waals surface area contributed by atoms with Crippen LogP contribution in [0.3, 0.4) is 0 Å². The summed E-state index contributed by atoms with van der Waals surface area (Å²) < 4.78 is 34.1. The third-order valence-electron chi connectivity index (χ3n) is 2.82. The van der Waals surface area contributed by atoms with E-state index in [-0.39, 0.29) is 17.5 Å². The Balaban J connectivity index is 2.00. The first kappa shape index (κ1) is 17.5. The fourth-order valence-corrected chi connectivity index (χ4v) is 4.63. The minimum absolute atomic E-state index is 0.180. The molecule has 118 valence electrons. The number of benzene rings is 2. The van der Waals surface area contributed by atoms with Crippen molar-refractivity contribution in [2.24, 2.45) is 0 Å². The van der Waals surface area contributed by atoms with Crippen LogP contribution in [-0.2, 0) is 10.0 Å². The quantitative estimate of drug-likeness (QED) is 0.727. The van der Waals surface area contributed by atoms with Gasteiger partial charge in [-0.3, -0.25) is 0 Å². The van der Waals surface area contributed by atoms with Gasteiger partial charge in [0.1, 0.15) is 11.9 Å². The molecule has 1 unspecified atom stereocenters. The van der Waals surface area contributed by atoms with E-state index in [0.29, 0.717) is 10.2 Å². The minimum atomic E-state index is -3.59. The normalized spacial score (nSPS) is 12.9. The number of sulfonamides is 1. The van der Waals surface area contributed by atoms with Crippen LogP contribution in [0.15, 0.2) is 62.4 Å². The highest BCUT2D eigenvalue weighted by Gasteiger charge is 2.18. The van der Waals surface area contributed by atoms with Gasteiger partial charge in [0.2, 0.25) is 10.0 Å². The molecule has 0 fully saturated rings. The largest absolute Gasteiger partial charge is 0.489 e. The van der Waals surface area contributed by atoms with Crippen molar-refractivity contribution in [1.29, 1.82) is 0 Å². The summed E-state index contributed by atoms with van der Waals surface area (Å²) in [5.74, 6) is 0.707. The van der Waals surface area contributed by atoms with Gasteiger partial charge in [0.25, 0.3) is 0 Å². The Kier molecular flexibility index (Phi) is 6.02. The second-order valence-electron chi connectivity index (χ2n) is 4.67. The van der Waals surface area contributed by atoms with E-state index in [2.05, 4.69) is 36.6 Å². The molecular weight excluding hydrogens is 434 g/mol. The second-order valence-corrected chi connectivity index (χ2v) is 8.17. The molecule has 0 amide bonds. The van der Waals surface area contributed by atoms with Crippen molar-refractivity contribution in [2.45, 2.75) is 17.9 Å². The topological polar surface area (TPSA) is 55.4 Å². The van der Waals surface area contributed by atoms with Crippen molar-refractivity contribution in [2.75, 3.05) is 6.54 Å². The van der Waals surface area contributed by atoms with Gasteiger partial charge in [-0.2, -0.15) is 0 Å². The Morgan fingerprint density at radius 1 is 1.14 bits per heavy atom. The van der Waals surface area contributed by atoms with E-state index >= 15 is 0 Å². The number of para-hydroxylation sites is 1. The van der Waals surface area contributed by atoms with Crippen LogP contribution in [0.4, 0.5) is 0 Å². The summed E-state index contributed by atoms with van der Waals surface area (Å²) in [5, 5.41) is 0. The van der Waals surface area contributed by atoms with Gasteiger partial charge in [-0.25, -0.2) is 13.1 Å². The Bertz CT molecular complexity index is 736. The highest BCUT2D eigenvalue weighted by molar-refractivity contribution is 9.11. The molecule has 0 aliphatic carbocycles. The molecule has 0 aliphatic rings. The van der Waals surface area contributed by atoms with Crippen LogP contribution in [0.5, 0.6) is 5.75 Å². The van der Waals surface area contributed by atoms with Crippen molar-refractivity contribution in [1.82, 2.24) is 4.72 Å². The zero-order chi connectivity index (χ0) is 16.2. The van der Waals surface area contributed by atoms with Crippen molar-refractivity contribution in [3.8, 4) is 5.75 Å². The minimum Gasteiger partial charge on any atom is -0.489 e. The highest BCUT2D eigenvalue weighted by atomic mass is 79.9. The predicted octanol–water partition coefficient (Wildman–Crippen LogP) is 3.96. The van der Waals surface area contributed by atoms with Gasteiger partial charge in [-0.05, 0) is 53.2 Å². The first-order valence-corrected chi connectivity index (χ1v) is 9.62. The molecule has 22 heavy (non-hydrogen) atoms. The molecule has 0 saturated carbocycles. The summed E-state index contributed by atoms with van der Waals surface area (Å²) in [5.41, 5.74) is 0. The predicted molar refractivity (Wildman–Crippen MR) is 93.6 cm³/mol. The van der Waals surface area contributed by atoms with Crippen molar-refractivity contribution in [3.05, 3.63) is 57.5 Å². The van der Waals surface area contributed by atoms with Crippen molar-refractivity contribution < 1.29 is 13.2 Å². The number of hydrogen-bond acceptors (Lipinski definition) is 3. The lowest BCUT2D eigenvalue weighted by Crippen LogP contribution is -2.33. The summed E-state index contributed by atoms with van der Waals surface area (Å²) in [6.45, 7) is 1.99. The first-order chi connectivity index (χ1) is 10.4. The number of rotatable bonds is 6. The monoisotopic (exact) mass is 447 g/mol. The first-order valence-electron chi connectivity index (χ1n) is 6.55. The third-order valence-corrected chi connectivity index (χ3v) is 5.72. The van der Waals surface area contributed by atoms with E-state index in [1.807, 2.05) is 37.3 Å². The third kappa shape index (κ3) is 4.81. The van der Waals surface area contributed by atoms with E-state index in [1.165, 1.54) is 0 Å². The number of halogens is 2. The van der Waals surface area contributed by atoms with Crippen molar-refractivity contribution >= 4 is 41.9 Å². The van der Waals surface area contributed by atoms with E-state index in [1.54, 1.807) is 18.2 Å². The van der Waals surface area contributed by atoms with Crippen LogP contribution in [0.25, 0.3) is 0 Å². The molecule has 2 aromatic rings. The molecule has 2 aromatic carbocycles. The van der Waals surface area contributed by atoms with E-state index in [0.717, 1.165) is 4.47 Å². The molecule has 2 rings (SSSR count). The molecule has 0 bridgehead atoms. The average molecular weight is 449 g/mol. The van der Waals surface area contributed by atoms with E-state index in [4.69, 9.17) is 4.74 Å². The molecule has 0 spiro atoms. The van der Waals surface area contributed by atoms with Gasteiger partial charge < -0.3 is 4.74 Å². The molecule has 0 aliphatic heterocycles. The SMILES string of the molecule is CC(CNS(=O)(=O)c1ccc(Br)cc1Br)Oc1ccccc1. The fraction of sp³-hybridized carbons (Fsp3) is 0.200. The molecule has 0 radical (unpaired) electrons. The Hall–Kier alpha value is -0.890. The van der Waals surface area contributed by atoms with Gasteiger partial charge in [0, 0.05) is 15.5 Å². The average Bonchev–Trinajstić information content (AvgIpc) is 2.46. The number of hydrogen-bond donors (Lipinski definition) is 1. The standard InChI is InChI=1S/C15H15Br2NO3S/c1-11(21-13-5-3-2-4-6-13)10-18-22(19,20)15-8-7-12(16)9-14(15)17/h2-9,11,18H,10H2,1H3. The van der Waals surface area contributed by atoms with Gasteiger partial charge in [0.15, 0.2) is 0 Å². The Morgan fingerprint density at radius 3 is 2.45 bits per heavy atom. The lowest BCUT2D eigenvalue weighted by molar-refractivity contribution is 0.225. The molecule has 1 N–H and O–H groups in total. The lowest BCUT2D eigenvalue weighted by Gasteiger charge is -2.16. The maximum absolute atomic E-state index is 12.3. The summed E-state index contributed by atoms with van der Waals surface area (Å²) in [6.07, 6.45) is -0.286. The van der Waals surface area contributed by atoms with Gasteiger partial charge >= 0.3 is 0 Å². The molecule has 0 saturated heterocycles. The summed E-state index contributed by atoms with van der Waals surface area (Å²) in [4.78, 5) is 0.197. The zero-order valence-corrected chi connectivity index (χ0v) is 15.8. The Morgan fingerprint density at radius 2 is 1.82 bits per heavy atom. The van der Waals surface area contributed by atoms with Crippen LogP contribution in [0, 0.1) is 0 Å². The molecule has 0 heterocycles. The summed E-state index contributed by atoms with van der Waals surface area (Å²) in [7, 11) is -3.59. The molecule has 7 heteroatoms. The summed E-state index contributed by atoms with van der Waals surface area (Å²) >= 11 is 6.56. The summed E-state index contributed by atoms with van der Waals surface area (Å²) in [6, 6.07) is 14.2. The number of nitrogens with one attached hydrogen (secondary N) is 1. The molecule has 1 atom stereocenters. The van der Waals surface area contributed by atoms with Crippen LogP contribution >= 0.6 is 31.9 Å². The highest BCUT2D eigenvalue weighted by Crippen LogP contribution is 2.25. The van der Waals surface area contributed by atoms with Crippen LogP contribution < -0.4 is 9.46 Å². The lowest BCUT2D eigenvalue weighted by atomic mass is 10.3. The zero-order valence-electron chi connectivity index (χ0n) is 11.8. The van der Waals surface area contributed by atoms with Crippen LogP contribution in [0.2, 0.25) is 0 Å². The van der Waals surface area contributed by atoms with Crippen molar-refractivity contribution in [3.63, 3.8) is 0 Å². The Labute approximate surface area is 147 Å². The van der Waals surface area contributed by atoms with Crippen LogP contribution in [0.1, 0.15) is 6.92 Å². The fourth-order valence-electron chi connectivity index (χ4n) is 1.77. The van der Waals surface area contributed by atoms with Crippen LogP contribution in [-0.4, -0.2) is 21.1 Å². The van der Waals surface area contributed by atoms with Gasteiger partial charge in [-0.1, -0.05) is 34.1 Å². The van der Waals surface area contributed by atoms with E-state index < -0.39 is 10.0 Å². The smallest absolute Gasteiger partial charge is 0.241 e. The maximum atomic E-state index is 12.3.